The van der Waals surface area contributed by atoms with Crippen molar-refractivity contribution < 1.29 is 9.53 Å². The van der Waals surface area contributed by atoms with Crippen LogP contribution in [0.25, 0.3) is 0 Å². The molecule has 0 saturated heterocycles. The number of aromatic nitrogens is 2. The van der Waals surface area contributed by atoms with Crippen molar-refractivity contribution >= 4 is 51.2 Å². The van der Waals surface area contributed by atoms with Gasteiger partial charge in [0.05, 0.1) is 0 Å². The minimum atomic E-state index is -0.384. The zero-order valence-corrected chi connectivity index (χ0v) is 15.1. The Morgan fingerprint density at radius 2 is 1.75 bits per heavy atom. The molecule has 0 amide bonds. The minimum Gasteiger partial charge on any atom is -0.457 e. The molecule has 0 spiro atoms. The standard InChI is InChI=1S/C14H12I2N2O2/c1-2-10-17-12(15)11(13(16)18-10)14(19)20-8-9-6-4-3-5-7-9/h3-7H,2,8H2,1H3. The predicted octanol–water partition coefficient (Wildman–Crippen LogP) is 3.61. The van der Waals surface area contributed by atoms with E-state index in [0.717, 1.165) is 17.8 Å². The fourth-order valence-corrected chi connectivity index (χ4v) is 3.59. The number of hydrogen-bond donors (Lipinski definition) is 0. The summed E-state index contributed by atoms with van der Waals surface area (Å²) in [6.07, 6.45) is 0.741. The van der Waals surface area contributed by atoms with Crippen LogP contribution in [-0.2, 0) is 17.8 Å². The Balaban J connectivity index is 2.13. The van der Waals surface area contributed by atoms with Gasteiger partial charge in [0, 0.05) is 6.42 Å². The van der Waals surface area contributed by atoms with Gasteiger partial charge in [0.1, 0.15) is 25.4 Å². The van der Waals surface area contributed by atoms with Gasteiger partial charge in [-0.25, -0.2) is 14.8 Å². The third-order valence-electron chi connectivity index (χ3n) is 2.60. The summed E-state index contributed by atoms with van der Waals surface area (Å²) in [5.74, 6) is 0.351. The van der Waals surface area contributed by atoms with Gasteiger partial charge in [0.25, 0.3) is 0 Å². The van der Waals surface area contributed by atoms with E-state index in [-0.39, 0.29) is 12.6 Å². The van der Waals surface area contributed by atoms with E-state index < -0.39 is 0 Å². The van der Waals surface area contributed by atoms with Crippen molar-refractivity contribution in [2.24, 2.45) is 0 Å². The number of halogens is 2. The summed E-state index contributed by atoms with van der Waals surface area (Å²) in [6.45, 7) is 2.23. The Labute approximate surface area is 144 Å². The largest absolute Gasteiger partial charge is 0.457 e. The van der Waals surface area contributed by atoms with E-state index in [9.17, 15) is 4.79 Å². The molecule has 4 nitrogen and oxygen atoms in total. The van der Waals surface area contributed by atoms with Crippen molar-refractivity contribution in [1.82, 2.24) is 9.97 Å². The summed E-state index contributed by atoms with van der Waals surface area (Å²) in [5, 5.41) is 0. The highest BCUT2D eigenvalue weighted by Crippen LogP contribution is 2.18. The lowest BCUT2D eigenvalue weighted by Gasteiger charge is -2.08. The van der Waals surface area contributed by atoms with Gasteiger partial charge in [-0.05, 0) is 50.7 Å². The topological polar surface area (TPSA) is 52.1 Å². The third kappa shape index (κ3) is 3.87. The molecule has 6 heteroatoms. The first-order valence-corrected chi connectivity index (χ1v) is 8.20. The molecule has 0 saturated carbocycles. The van der Waals surface area contributed by atoms with Crippen LogP contribution in [0.3, 0.4) is 0 Å². The lowest BCUT2D eigenvalue weighted by atomic mass is 10.2. The molecule has 0 aliphatic rings. The van der Waals surface area contributed by atoms with Crippen LogP contribution in [0.2, 0.25) is 0 Å². The van der Waals surface area contributed by atoms with Crippen LogP contribution >= 0.6 is 45.2 Å². The van der Waals surface area contributed by atoms with E-state index >= 15 is 0 Å². The average molecular weight is 494 g/mol. The smallest absolute Gasteiger partial charge is 0.343 e. The SMILES string of the molecule is CCc1nc(I)c(C(=O)OCc2ccccc2)c(I)n1. The summed E-state index contributed by atoms with van der Waals surface area (Å²) in [4.78, 5) is 20.7. The van der Waals surface area contributed by atoms with Crippen LogP contribution in [0.1, 0.15) is 28.7 Å². The monoisotopic (exact) mass is 494 g/mol. The van der Waals surface area contributed by atoms with Crippen molar-refractivity contribution in [3.8, 4) is 0 Å². The molecule has 0 N–H and O–H groups in total. The maximum Gasteiger partial charge on any atom is 0.343 e. The average Bonchev–Trinajstić information content (AvgIpc) is 2.45. The number of aryl methyl sites for hydroxylation is 1. The molecule has 20 heavy (non-hydrogen) atoms. The fraction of sp³-hybridized carbons (Fsp3) is 0.214. The van der Waals surface area contributed by atoms with Crippen LogP contribution in [0, 0.1) is 7.40 Å². The van der Waals surface area contributed by atoms with Gasteiger partial charge in [-0.3, -0.25) is 0 Å². The maximum absolute atomic E-state index is 12.1. The van der Waals surface area contributed by atoms with E-state index in [1.807, 2.05) is 82.4 Å². The molecule has 1 aromatic carbocycles. The van der Waals surface area contributed by atoms with Crippen LogP contribution in [0.5, 0.6) is 0 Å². The highest BCUT2D eigenvalue weighted by molar-refractivity contribution is 14.1. The highest BCUT2D eigenvalue weighted by atomic mass is 127. The lowest BCUT2D eigenvalue weighted by Crippen LogP contribution is -2.13. The number of carbonyl (C=O) groups excluding carboxylic acids is 1. The zero-order chi connectivity index (χ0) is 14.5. The van der Waals surface area contributed by atoms with E-state index in [0.29, 0.717) is 13.0 Å². The molecule has 0 aliphatic heterocycles. The number of hydrogen-bond acceptors (Lipinski definition) is 4. The Morgan fingerprint density at radius 3 is 2.30 bits per heavy atom. The minimum absolute atomic E-state index is 0.251. The first-order chi connectivity index (χ1) is 9.61. The first kappa shape index (κ1) is 15.6. The lowest BCUT2D eigenvalue weighted by molar-refractivity contribution is 0.0468. The normalized spacial score (nSPS) is 10.3. The zero-order valence-electron chi connectivity index (χ0n) is 10.8. The quantitative estimate of drug-likeness (QED) is 0.371. The predicted molar refractivity (Wildman–Crippen MR) is 92.4 cm³/mol. The molecular formula is C14H12I2N2O2. The Morgan fingerprint density at radius 1 is 1.15 bits per heavy atom. The number of ether oxygens (including phenoxy) is 1. The summed E-state index contributed by atoms with van der Waals surface area (Å²) >= 11 is 4.10. The van der Waals surface area contributed by atoms with Crippen LogP contribution in [-0.4, -0.2) is 15.9 Å². The van der Waals surface area contributed by atoms with Crippen LogP contribution in [0.15, 0.2) is 30.3 Å². The maximum atomic E-state index is 12.1. The number of carbonyl (C=O) groups is 1. The highest BCUT2D eigenvalue weighted by Gasteiger charge is 2.19. The number of rotatable bonds is 4. The molecule has 0 bridgehead atoms. The third-order valence-corrected chi connectivity index (χ3v) is 4.16. The molecule has 1 aromatic heterocycles. The van der Waals surface area contributed by atoms with Gasteiger partial charge in [0.2, 0.25) is 0 Å². The molecule has 0 fully saturated rings. The van der Waals surface area contributed by atoms with Gasteiger partial charge >= 0.3 is 5.97 Å². The summed E-state index contributed by atoms with van der Waals surface area (Å²) < 4.78 is 6.59. The van der Waals surface area contributed by atoms with Crippen molar-refractivity contribution in [2.75, 3.05) is 0 Å². The van der Waals surface area contributed by atoms with E-state index in [1.54, 1.807) is 0 Å². The van der Waals surface area contributed by atoms with E-state index in [2.05, 4.69) is 9.97 Å². The molecule has 0 unspecified atom stereocenters. The van der Waals surface area contributed by atoms with Crippen molar-refractivity contribution in [3.63, 3.8) is 0 Å². The van der Waals surface area contributed by atoms with Gasteiger partial charge in [-0.1, -0.05) is 37.3 Å². The van der Waals surface area contributed by atoms with Gasteiger partial charge in [0.15, 0.2) is 0 Å². The molecule has 0 aliphatic carbocycles. The fourth-order valence-electron chi connectivity index (χ4n) is 1.57. The second kappa shape index (κ2) is 7.30. The molecule has 2 rings (SSSR count). The Bertz CT molecular complexity index is 595. The first-order valence-electron chi connectivity index (χ1n) is 6.04. The van der Waals surface area contributed by atoms with Crippen molar-refractivity contribution in [1.29, 1.82) is 0 Å². The number of esters is 1. The Kier molecular flexibility index (Phi) is 5.70. The summed E-state index contributed by atoms with van der Waals surface area (Å²) in [5.41, 5.74) is 1.40. The van der Waals surface area contributed by atoms with Crippen molar-refractivity contribution in [2.45, 2.75) is 20.0 Å². The van der Waals surface area contributed by atoms with Crippen LogP contribution < -0.4 is 0 Å². The van der Waals surface area contributed by atoms with E-state index in [4.69, 9.17) is 4.74 Å². The van der Waals surface area contributed by atoms with Crippen LogP contribution in [0.4, 0.5) is 0 Å². The van der Waals surface area contributed by atoms with Crippen molar-refractivity contribution in [3.05, 3.63) is 54.7 Å². The Hall–Kier alpha value is -0.770. The van der Waals surface area contributed by atoms with Gasteiger partial charge < -0.3 is 4.74 Å². The molecular weight excluding hydrogens is 482 g/mol. The summed E-state index contributed by atoms with van der Waals surface area (Å²) in [7, 11) is 0. The molecule has 0 atom stereocenters. The molecule has 2 aromatic rings. The number of benzene rings is 1. The van der Waals surface area contributed by atoms with Gasteiger partial charge in [-0.15, -0.1) is 0 Å². The van der Waals surface area contributed by atoms with E-state index in [1.165, 1.54) is 0 Å². The second-order valence-corrected chi connectivity index (χ2v) is 6.06. The second-order valence-electron chi connectivity index (χ2n) is 4.01. The van der Waals surface area contributed by atoms with Gasteiger partial charge in [-0.2, -0.15) is 0 Å². The summed E-state index contributed by atoms with van der Waals surface area (Å²) in [6, 6.07) is 9.58. The number of nitrogens with zero attached hydrogens (tertiary/aromatic N) is 2. The molecule has 0 radical (unpaired) electrons. The molecule has 104 valence electrons. The molecule has 1 heterocycles.